The van der Waals surface area contributed by atoms with Crippen molar-refractivity contribution in [2.75, 3.05) is 7.11 Å². The standard InChI is InChI=1S/C18H18O4/c1-21-13-5-4-10-9-11-3-2-7-17-14(10)15(13)22-16(17)12(19)6-8-18(11,17)20/h4-6,8,11,16,20H,2-3,7,9H2,1H3/t11-,16?,17?,18?/m1/s1. The molecular weight excluding hydrogens is 280 g/mol. The van der Waals surface area contributed by atoms with Crippen molar-refractivity contribution in [1.29, 1.82) is 0 Å². The first-order valence-corrected chi connectivity index (χ1v) is 7.94. The average molecular weight is 298 g/mol. The number of rotatable bonds is 1. The van der Waals surface area contributed by atoms with Crippen LogP contribution in [-0.4, -0.2) is 29.7 Å². The number of benzene rings is 1. The third-order valence-corrected chi connectivity index (χ3v) is 6.24. The van der Waals surface area contributed by atoms with Crippen molar-refractivity contribution in [2.24, 2.45) is 5.92 Å². The topological polar surface area (TPSA) is 55.8 Å². The Bertz CT molecular complexity index is 737. The molecule has 4 heteroatoms. The van der Waals surface area contributed by atoms with Gasteiger partial charge in [0.15, 0.2) is 23.4 Å². The Hall–Kier alpha value is -1.81. The van der Waals surface area contributed by atoms with Crippen molar-refractivity contribution < 1.29 is 19.4 Å². The molecule has 0 amide bonds. The highest BCUT2D eigenvalue weighted by Gasteiger charge is 2.70. The van der Waals surface area contributed by atoms with Crippen molar-refractivity contribution in [1.82, 2.24) is 0 Å². The molecule has 1 saturated carbocycles. The fourth-order valence-corrected chi connectivity index (χ4v) is 5.37. The normalized spacial score (nSPS) is 40.2. The molecule has 5 rings (SSSR count). The van der Waals surface area contributed by atoms with E-state index in [1.807, 2.05) is 6.07 Å². The molecule has 4 atom stereocenters. The highest BCUT2D eigenvalue weighted by Crippen LogP contribution is 2.65. The third-order valence-electron chi connectivity index (χ3n) is 6.24. The molecule has 3 unspecified atom stereocenters. The Balaban J connectivity index is 1.90. The number of ether oxygens (including phenoxy) is 2. The lowest BCUT2D eigenvalue weighted by atomic mass is 9.47. The van der Waals surface area contributed by atoms with Gasteiger partial charge in [0.05, 0.1) is 12.5 Å². The van der Waals surface area contributed by atoms with Gasteiger partial charge in [-0.15, -0.1) is 0 Å². The fourth-order valence-electron chi connectivity index (χ4n) is 5.37. The zero-order chi connectivity index (χ0) is 15.1. The fraction of sp³-hybridized carbons (Fsp3) is 0.500. The van der Waals surface area contributed by atoms with Crippen molar-refractivity contribution in [3.05, 3.63) is 35.4 Å². The van der Waals surface area contributed by atoms with Crippen LogP contribution >= 0.6 is 0 Å². The van der Waals surface area contributed by atoms with Crippen molar-refractivity contribution in [3.63, 3.8) is 0 Å². The van der Waals surface area contributed by atoms with Gasteiger partial charge in [-0.05, 0) is 49.0 Å². The van der Waals surface area contributed by atoms with Gasteiger partial charge in [-0.25, -0.2) is 0 Å². The van der Waals surface area contributed by atoms with Gasteiger partial charge in [0.2, 0.25) is 0 Å². The molecule has 3 aliphatic carbocycles. The van der Waals surface area contributed by atoms with Crippen LogP contribution in [0.2, 0.25) is 0 Å². The molecule has 114 valence electrons. The van der Waals surface area contributed by atoms with Gasteiger partial charge in [-0.1, -0.05) is 12.5 Å². The van der Waals surface area contributed by atoms with E-state index in [0.29, 0.717) is 11.5 Å². The molecule has 1 N–H and O–H groups in total. The van der Waals surface area contributed by atoms with Gasteiger partial charge >= 0.3 is 0 Å². The van der Waals surface area contributed by atoms with Gasteiger partial charge in [-0.3, -0.25) is 4.79 Å². The summed E-state index contributed by atoms with van der Waals surface area (Å²) in [4.78, 5) is 12.5. The molecule has 0 radical (unpaired) electrons. The van der Waals surface area contributed by atoms with Crippen LogP contribution in [0.25, 0.3) is 0 Å². The summed E-state index contributed by atoms with van der Waals surface area (Å²) in [5.74, 6) is 1.43. The molecule has 1 heterocycles. The second-order valence-electron chi connectivity index (χ2n) is 6.95. The zero-order valence-electron chi connectivity index (χ0n) is 12.5. The first kappa shape index (κ1) is 12.7. The van der Waals surface area contributed by atoms with Gasteiger partial charge in [0.25, 0.3) is 0 Å². The molecule has 1 aromatic carbocycles. The third kappa shape index (κ3) is 1.12. The summed E-state index contributed by atoms with van der Waals surface area (Å²) in [5, 5.41) is 11.5. The summed E-state index contributed by atoms with van der Waals surface area (Å²) < 4.78 is 11.5. The van der Waals surface area contributed by atoms with E-state index in [1.54, 1.807) is 13.2 Å². The van der Waals surface area contributed by atoms with Crippen LogP contribution in [0.4, 0.5) is 0 Å². The van der Waals surface area contributed by atoms with E-state index >= 15 is 0 Å². The highest BCUT2D eigenvalue weighted by molar-refractivity contribution is 5.98. The molecular formula is C18H18O4. The smallest absolute Gasteiger partial charge is 0.196 e. The summed E-state index contributed by atoms with van der Waals surface area (Å²) in [6.07, 6.45) is 6.28. The predicted molar refractivity (Wildman–Crippen MR) is 79.2 cm³/mol. The molecule has 22 heavy (non-hydrogen) atoms. The Kier molecular flexibility index (Phi) is 2.16. The lowest BCUT2D eigenvalue weighted by molar-refractivity contribution is -0.144. The molecule has 4 nitrogen and oxygen atoms in total. The Morgan fingerprint density at radius 2 is 2.27 bits per heavy atom. The first-order valence-electron chi connectivity index (χ1n) is 7.94. The summed E-state index contributed by atoms with van der Waals surface area (Å²) in [6, 6.07) is 3.99. The Labute approximate surface area is 128 Å². The Morgan fingerprint density at radius 3 is 3.09 bits per heavy atom. The maximum absolute atomic E-state index is 12.5. The van der Waals surface area contributed by atoms with Crippen LogP contribution in [0, 0.1) is 5.92 Å². The predicted octanol–water partition coefficient (Wildman–Crippen LogP) is 1.92. The van der Waals surface area contributed by atoms with Gasteiger partial charge in [0, 0.05) is 5.56 Å². The number of carbonyl (C=O) groups is 1. The van der Waals surface area contributed by atoms with Gasteiger partial charge in [-0.2, -0.15) is 0 Å². The van der Waals surface area contributed by atoms with Gasteiger partial charge < -0.3 is 14.6 Å². The van der Waals surface area contributed by atoms with Gasteiger partial charge in [0.1, 0.15) is 5.60 Å². The molecule has 1 aliphatic heterocycles. The second-order valence-corrected chi connectivity index (χ2v) is 6.95. The van der Waals surface area contributed by atoms with Crippen LogP contribution in [0.15, 0.2) is 24.3 Å². The summed E-state index contributed by atoms with van der Waals surface area (Å²) in [5.41, 5.74) is 0.622. The van der Waals surface area contributed by atoms with E-state index in [4.69, 9.17) is 9.47 Å². The molecule has 1 aromatic rings. The minimum atomic E-state index is -0.978. The zero-order valence-corrected chi connectivity index (χ0v) is 12.5. The SMILES string of the molecule is COc1ccc2c3c1OC1C(=O)C=CC4(O)[C@H](CCCC314)C2. The maximum Gasteiger partial charge on any atom is 0.196 e. The lowest BCUT2D eigenvalue weighted by Crippen LogP contribution is -2.68. The molecule has 0 saturated heterocycles. The maximum atomic E-state index is 12.5. The van der Waals surface area contributed by atoms with E-state index in [1.165, 1.54) is 11.6 Å². The number of aliphatic hydroxyl groups is 1. The molecule has 1 fully saturated rings. The van der Waals surface area contributed by atoms with Crippen molar-refractivity contribution >= 4 is 5.78 Å². The minimum Gasteiger partial charge on any atom is -0.493 e. The molecule has 4 aliphatic rings. The van der Waals surface area contributed by atoms with Crippen molar-refractivity contribution in [2.45, 2.75) is 42.8 Å². The lowest BCUT2D eigenvalue weighted by Gasteiger charge is -2.57. The Morgan fingerprint density at radius 1 is 1.41 bits per heavy atom. The van der Waals surface area contributed by atoms with E-state index in [2.05, 4.69) is 6.07 Å². The second kappa shape index (κ2) is 3.74. The number of hydrogen-bond acceptors (Lipinski definition) is 4. The van der Waals surface area contributed by atoms with Crippen LogP contribution in [0.3, 0.4) is 0 Å². The van der Waals surface area contributed by atoms with Crippen LogP contribution in [-0.2, 0) is 16.6 Å². The minimum absolute atomic E-state index is 0.0450. The highest BCUT2D eigenvalue weighted by atomic mass is 16.5. The van der Waals surface area contributed by atoms with Crippen LogP contribution in [0.1, 0.15) is 30.4 Å². The number of hydrogen-bond donors (Lipinski definition) is 1. The first-order chi connectivity index (χ1) is 10.6. The molecule has 1 spiro atoms. The molecule has 2 bridgehead atoms. The van der Waals surface area contributed by atoms with E-state index < -0.39 is 17.1 Å². The van der Waals surface area contributed by atoms with E-state index in [0.717, 1.165) is 31.2 Å². The number of methoxy groups -OCH3 is 1. The average Bonchev–Trinajstić information content (AvgIpc) is 2.85. The molecule has 0 aromatic heterocycles. The van der Waals surface area contributed by atoms with E-state index in [9.17, 15) is 9.90 Å². The largest absolute Gasteiger partial charge is 0.493 e. The summed E-state index contributed by atoms with van der Waals surface area (Å²) >= 11 is 0. The van der Waals surface area contributed by atoms with E-state index in [-0.39, 0.29) is 11.7 Å². The summed E-state index contributed by atoms with van der Waals surface area (Å²) in [7, 11) is 1.61. The monoisotopic (exact) mass is 298 g/mol. The number of ketones is 1. The van der Waals surface area contributed by atoms with Crippen LogP contribution < -0.4 is 9.47 Å². The number of carbonyl (C=O) groups excluding carboxylic acids is 1. The van der Waals surface area contributed by atoms with Crippen molar-refractivity contribution in [3.8, 4) is 11.5 Å². The quantitative estimate of drug-likeness (QED) is 0.860. The summed E-state index contributed by atoms with van der Waals surface area (Å²) in [6.45, 7) is 0. The van der Waals surface area contributed by atoms with Crippen LogP contribution in [0.5, 0.6) is 11.5 Å².